The number of nitrogens with zero attached hydrogens (tertiary/aromatic N) is 2. The highest BCUT2D eigenvalue weighted by Crippen LogP contribution is 2.20. The van der Waals surface area contributed by atoms with Gasteiger partial charge in [0.2, 0.25) is 5.91 Å². The van der Waals surface area contributed by atoms with Gasteiger partial charge in [-0.15, -0.1) is 0 Å². The number of carbonyl (C=O) groups excluding carboxylic acids is 3. The first-order valence-electron chi connectivity index (χ1n) is 19.8. The smallest absolute Gasteiger partial charge is 0.329 e. The summed E-state index contributed by atoms with van der Waals surface area (Å²) in [5.74, 6) is -1.73. The monoisotopic (exact) mass is 838 g/mol. The molecule has 0 spiro atoms. The van der Waals surface area contributed by atoms with Crippen molar-refractivity contribution in [3.63, 3.8) is 0 Å². The van der Waals surface area contributed by atoms with E-state index in [1.807, 2.05) is 20.8 Å². The topological polar surface area (TPSA) is 228 Å². The van der Waals surface area contributed by atoms with E-state index in [0.717, 1.165) is 51.4 Å². The minimum Gasteiger partial charge on any atom is -0.494 e. The zero-order valence-electron chi connectivity index (χ0n) is 34.2. The third kappa shape index (κ3) is 25.2. The Bertz CT molecular complexity index is 1590. The lowest BCUT2D eigenvalue weighted by molar-refractivity contribution is -0.155. The highest BCUT2D eigenvalue weighted by Gasteiger charge is 2.18. The van der Waals surface area contributed by atoms with Gasteiger partial charge in [-0.2, -0.15) is 0 Å². The first-order chi connectivity index (χ1) is 27.7. The van der Waals surface area contributed by atoms with Gasteiger partial charge in [-0.25, -0.2) is 23.2 Å². The van der Waals surface area contributed by atoms with E-state index in [4.69, 9.17) is 33.5 Å². The number of carboxylic acids is 1. The first-order valence-corrected chi connectivity index (χ1v) is 21.5. The molecule has 0 aliphatic heterocycles. The number of esters is 1. The van der Waals surface area contributed by atoms with E-state index in [1.165, 1.54) is 30.9 Å². The van der Waals surface area contributed by atoms with Crippen molar-refractivity contribution in [2.45, 2.75) is 101 Å². The Morgan fingerprint density at radius 3 is 1.79 bits per heavy atom. The minimum atomic E-state index is -3.74. The van der Waals surface area contributed by atoms with Gasteiger partial charge in [0, 0.05) is 31.9 Å². The molecule has 0 aliphatic rings. The summed E-state index contributed by atoms with van der Waals surface area (Å²) in [4.78, 5) is 54.5. The van der Waals surface area contributed by atoms with Gasteiger partial charge in [0.05, 0.1) is 56.7 Å². The molecule has 2 rings (SSSR count). The summed E-state index contributed by atoms with van der Waals surface area (Å²) in [6.07, 6.45) is 12.6. The lowest BCUT2D eigenvalue weighted by Gasteiger charge is -2.19. The Morgan fingerprint density at radius 1 is 0.672 bits per heavy atom. The van der Waals surface area contributed by atoms with Gasteiger partial charge in [0.15, 0.2) is 9.84 Å². The fourth-order valence-corrected chi connectivity index (χ4v) is 6.36. The van der Waals surface area contributed by atoms with Gasteiger partial charge in [-0.3, -0.25) is 14.4 Å². The van der Waals surface area contributed by atoms with E-state index < -0.39 is 33.1 Å². The minimum absolute atomic E-state index is 0.0560. The third-order valence-electron chi connectivity index (χ3n) is 7.99. The molecule has 2 amide bonds. The summed E-state index contributed by atoms with van der Waals surface area (Å²) < 4.78 is 57.8. The maximum atomic E-state index is 13.0. The van der Waals surface area contributed by atoms with Crippen molar-refractivity contribution in [3.05, 3.63) is 48.0 Å². The van der Waals surface area contributed by atoms with Gasteiger partial charge in [-0.1, -0.05) is 44.9 Å². The summed E-state index contributed by atoms with van der Waals surface area (Å²) in [7, 11) is -3.74. The van der Waals surface area contributed by atoms with E-state index in [1.54, 1.807) is 12.1 Å². The first kappa shape index (κ1) is 49.9. The fourth-order valence-electron chi connectivity index (χ4n) is 5.15. The molecule has 1 heterocycles. The molecular weight excluding hydrogens is 777 g/mol. The molecule has 3 N–H and O–H groups in total. The molecule has 17 nitrogen and oxygen atoms in total. The second-order valence-corrected chi connectivity index (χ2v) is 16.3. The Kier molecular flexibility index (Phi) is 25.0. The number of aromatic nitrogens is 2. The van der Waals surface area contributed by atoms with Crippen molar-refractivity contribution in [1.82, 2.24) is 20.6 Å². The highest BCUT2D eigenvalue weighted by molar-refractivity contribution is 7.90. The van der Waals surface area contributed by atoms with Crippen LogP contribution in [-0.4, -0.2) is 125 Å². The predicted molar refractivity (Wildman–Crippen MR) is 213 cm³/mol. The number of amides is 2. The van der Waals surface area contributed by atoms with Crippen LogP contribution in [0.1, 0.15) is 101 Å². The molecule has 0 aliphatic carbocycles. The number of benzene rings is 1. The molecule has 0 radical (unpaired) electrons. The molecular formula is C40H62N4O13S. The third-order valence-corrected chi connectivity index (χ3v) is 9.62. The second-order valence-electron chi connectivity index (χ2n) is 14.3. The van der Waals surface area contributed by atoms with Crippen molar-refractivity contribution in [3.8, 4) is 5.75 Å². The van der Waals surface area contributed by atoms with E-state index in [0.29, 0.717) is 18.8 Å². The Balaban J connectivity index is 1.51. The highest BCUT2D eigenvalue weighted by atomic mass is 32.2. The number of unbranched alkanes of at least 4 members (excludes halogenated alkanes) is 8. The Morgan fingerprint density at radius 2 is 1.21 bits per heavy atom. The van der Waals surface area contributed by atoms with Crippen LogP contribution in [0.2, 0.25) is 0 Å². The van der Waals surface area contributed by atoms with Crippen molar-refractivity contribution >= 4 is 33.6 Å². The van der Waals surface area contributed by atoms with Gasteiger partial charge in [0.25, 0.3) is 5.91 Å². The summed E-state index contributed by atoms with van der Waals surface area (Å²) in [6, 6.07) is 6.26. The van der Waals surface area contributed by atoms with Gasteiger partial charge in [-0.05, 0) is 57.9 Å². The molecule has 18 heteroatoms. The number of carbonyl (C=O) groups is 4. The molecule has 58 heavy (non-hydrogen) atoms. The molecule has 0 fully saturated rings. The number of sulfone groups is 1. The van der Waals surface area contributed by atoms with Crippen molar-refractivity contribution in [1.29, 1.82) is 0 Å². The molecule has 1 aromatic heterocycles. The quantitative estimate of drug-likeness (QED) is 0.0680. The number of hydrogen-bond donors (Lipinski definition) is 3. The maximum Gasteiger partial charge on any atom is 0.329 e. The summed E-state index contributed by atoms with van der Waals surface area (Å²) in [6.45, 7) is 7.27. The van der Waals surface area contributed by atoms with Crippen molar-refractivity contribution in [2.75, 3.05) is 72.6 Å². The zero-order chi connectivity index (χ0) is 42.5. The van der Waals surface area contributed by atoms with E-state index in [9.17, 15) is 27.6 Å². The summed E-state index contributed by atoms with van der Waals surface area (Å²) in [5, 5.41) is 13.7. The molecule has 2 aromatic rings. The fraction of sp³-hybridized carbons (Fsp3) is 0.650. The van der Waals surface area contributed by atoms with Gasteiger partial charge >= 0.3 is 11.9 Å². The van der Waals surface area contributed by atoms with Crippen LogP contribution in [0.15, 0.2) is 41.6 Å². The number of aliphatic carboxylic acids is 1. The van der Waals surface area contributed by atoms with Gasteiger partial charge in [0.1, 0.15) is 36.1 Å². The van der Waals surface area contributed by atoms with Crippen LogP contribution in [0.3, 0.4) is 0 Å². The maximum absolute atomic E-state index is 13.0. The standard InChI is InChI=1S/C40H62N4O13S/c1-40(2,3)57-38(48)13-11-9-7-5-4-6-8-10-12-20-56-33-14-16-34(17-15-33)58(50,51)31-35-43-27-32(28-44-35)39(49)42-19-22-53-23-25-54-29-36(45)41-18-21-52-24-26-55-30-37(46)47/h14-17,27-28H,4-13,18-26,29-31H2,1-3H3,(H,41,45)(H,42,49)(H,46,47). The molecule has 326 valence electrons. The van der Waals surface area contributed by atoms with Crippen LogP contribution in [-0.2, 0) is 53.7 Å². The number of rotatable bonds is 33. The van der Waals surface area contributed by atoms with E-state index in [2.05, 4.69) is 20.6 Å². The summed E-state index contributed by atoms with van der Waals surface area (Å²) in [5.41, 5.74) is -0.260. The number of carboxylic acid groups (broad SMARTS) is 1. The summed E-state index contributed by atoms with van der Waals surface area (Å²) >= 11 is 0. The Hall–Kier alpha value is -4.23. The molecule has 1 aromatic carbocycles. The average Bonchev–Trinajstić information content (AvgIpc) is 3.16. The van der Waals surface area contributed by atoms with E-state index in [-0.39, 0.29) is 94.1 Å². The zero-order valence-corrected chi connectivity index (χ0v) is 35.0. The van der Waals surface area contributed by atoms with Crippen LogP contribution in [0.25, 0.3) is 0 Å². The number of nitrogens with one attached hydrogen (secondary N) is 2. The van der Waals surface area contributed by atoms with Crippen LogP contribution in [0.5, 0.6) is 5.75 Å². The molecule has 0 atom stereocenters. The Labute approximate surface area is 342 Å². The van der Waals surface area contributed by atoms with Crippen LogP contribution in [0, 0.1) is 0 Å². The molecule has 0 saturated heterocycles. The normalized spacial score (nSPS) is 11.6. The molecule has 0 unspecified atom stereocenters. The number of hydrogen-bond acceptors (Lipinski definition) is 14. The lowest BCUT2D eigenvalue weighted by Crippen LogP contribution is -2.31. The van der Waals surface area contributed by atoms with Crippen LogP contribution < -0.4 is 15.4 Å². The number of ether oxygens (including phenoxy) is 6. The van der Waals surface area contributed by atoms with Crippen LogP contribution >= 0.6 is 0 Å². The van der Waals surface area contributed by atoms with Crippen molar-refractivity contribution in [2.24, 2.45) is 0 Å². The SMILES string of the molecule is CC(C)(C)OC(=O)CCCCCCCCCCCOc1ccc(S(=O)(=O)Cc2ncc(C(=O)NCCOCCOCC(=O)NCCOCCOCC(=O)O)cn2)cc1. The molecule has 0 saturated carbocycles. The largest absolute Gasteiger partial charge is 0.494 e. The van der Waals surface area contributed by atoms with E-state index >= 15 is 0 Å². The van der Waals surface area contributed by atoms with Crippen LogP contribution in [0.4, 0.5) is 0 Å². The van der Waals surface area contributed by atoms with Gasteiger partial charge < -0.3 is 44.2 Å². The predicted octanol–water partition coefficient (Wildman–Crippen LogP) is 4.07. The average molecular weight is 839 g/mol. The second kappa shape index (κ2) is 29.1. The van der Waals surface area contributed by atoms with Crippen molar-refractivity contribution < 1.29 is 61.1 Å². The lowest BCUT2D eigenvalue weighted by atomic mass is 10.1. The molecule has 0 bridgehead atoms.